The van der Waals surface area contributed by atoms with E-state index >= 15 is 0 Å². The average Bonchev–Trinajstić information content (AvgIpc) is 3.15. The lowest BCUT2D eigenvalue weighted by atomic mass is 10.0. The highest BCUT2D eigenvalue weighted by molar-refractivity contribution is 7.89. The molecule has 1 aliphatic rings. The minimum Gasteiger partial charge on any atom is -0.369 e. The van der Waals surface area contributed by atoms with Gasteiger partial charge in [-0.15, -0.1) is 0 Å². The maximum Gasteiger partial charge on any atom is 0.262 e. The van der Waals surface area contributed by atoms with E-state index in [9.17, 15) is 8.42 Å². The summed E-state index contributed by atoms with van der Waals surface area (Å²) in [4.78, 5) is 8.63. The summed E-state index contributed by atoms with van der Waals surface area (Å²) >= 11 is 6.10. The zero-order valence-electron chi connectivity index (χ0n) is 16.8. The first-order valence-electron chi connectivity index (χ1n) is 9.63. The smallest absolute Gasteiger partial charge is 0.262 e. The van der Waals surface area contributed by atoms with Crippen LogP contribution in [-0.2, 0) is 28.2 Å². The second-order valence-electron chi connectivity index (χ2n) is 7.45. The summed E-state index contributed by atoms with van der Waals surface area (Å²) in [5.41, 5.74) is 3.77. The lowest BCUT2D eigenvalue weighted by Gasteiger charge is -2.31. The number of sulfonamides is 1. The number of halogens is 1. The summed E-state index contributed by atoms with van der Waals surface area (Å²) < 4.78 is 34.8. The highest BCUT2D eigenvalue weighted by atomic mass is 35.5. The summed E-state index contributed by atoms with van der Waals surface area (Å²) in [7, 11) is -1.93. The lowest BCUT2D eigenvalue weighted by Crippen LogP contribution is -2.42. The van der Waals surface area contributed by atoms with Crippen molar-refractivity contribution in [2.45, 2.75) is 24.5 Å². The van der Waals surface area contributed by atoms with Gasteiger partial charge in [-0.1, -0.05) is 23.7 Å². The Hall–Kier alpha value is -2.26. The number of imidazole rings is 1. The third-order valence-corrected chi connectivity index (χ3v) is 6.96. The first kappa shape index (κ1) is 21.0. The van der Waals surface area contributed by atoms with E-state index in [1.54, 1.807) is 11.6 Å². The number of benzene rings is 1. The van der Waals surface area contributed by atoms with E-state index in [1.165, 1.54) is 16.8 Å². The van der Waals surface area contributed by atoms with E-state index in [-0.39, 0.29) is 18.1 Å². The van der Waals surface area contributed by atoms with E-state index in [1.807, 2.05) is 43.3 Å². The molecule has 0 amide bonds. The second-order valence-corrected chi connectivity index (χ2v) is 9.77. The van der Waals surface area contributed by atoms with Crippen molar-refractivity contribution in [1.29, 1.82) is 0 Å². The molecule has 158 valence electrons. The van der Waals surface area contributed by atoms with Crippen LogP contribution < -0.4 is 0 Å². The van der Waals surface area contributed by atoms with Crippen molar-refractivity contribution in [1.82, 2.24) is 18.8 Å². The van der Waals surface area contributed by atoms with Crippen molar-refractivity contribution in [3.05, 3.63) is 76.5 Å². The molecule has 2 aromatic heterocycles. The van der Waals surface area contributed by atoms with Gasteiger partial charge < -0.3 is 9.30 Å². The Labute approximate surface area is 181 Å². The summed E-state index contributed by atoms with van der Waals surface area (Å²) in [6.45, 7) is 2.72. The van der Waals surface area contributed by atoms with Gasteiger partial charge in [0.2, 0.25) is 0 Å². The first-order chi connectivity index (χ1) is 14.3. The Kier molecular flexibility index (Phi) is 5.92. The molecule has 1 aromatic carbocycles. The van der Waals surface area contributed by atoms with E-state index in [0.717, 1.165) is 22.5 Å². The average molecular weight is 447 g/mol. The largest absolute Gasteiger partial charge is 0.369 e. The van der Waals surface area contributed by atoms with Crippen LogP contribution in [0.1, 0.15) is 28.6 Å². The van der Waals surface area contributed by atoms with Crippen LogP contribution in [0.4, 0.5) is 0 Å². The van der Waals surface area contributed by atoms with Crippen molar-refractivity contribution < 1.29 is 13.2 Å². The highest BCUT2D eigenvalue weighted by Gasteiger charge is 2.33. The Morgan fingerprint density at radius 2 is 2.07 bits per heavy atom. The van der Waals surface area contributed by atoms with Gasteiger partial charge in [-0.25, -0.2) is 13.4 Å². The van der Waals surface area contributed by atoms with Gasteiger partial charge in [0.1, 0.15) is 6.10 Å². The minimum absolute atomic E-state index is 0.0458. The number of pyridine rings is 1. The van der Waals surface area contributed by atoms with Crippen molar-refractivity contribution >= 4 is 21.6 Å². The zero-order valence-corrected chi connectivity index (χ0v) is 18.4. The van der Waals surface area contributed by atoms with E-state index in [0.29, 0.717) is 18.1 Å². The summed E-state index contributed by atoms with van der Waals surface area (Å²) in [6, 6.07) is 11.7. The molecule has 9 heteroatoms. The van der Waals surface area contributed by atoms with Gasteiger partial charge in [-0.3, -0.25) is 4.98 Å². The maximum absolute atomic E-state index is 12.9. The monoisotopic (exact) mass is 446 g/mol. The van der Waals surface area contributed by atoms with Gasteiger partial charge in [-0.05, 0) is 48.7 Å². The zero-order chi connectivity index (χ0) is 21.3. The van der Waals surface area contributed by atoms with E-state index < -0.39 is 16.1 Å². The molecule has 1 aliphatic heterocycles. The van der Waals surface area contributed by atoms with Gasteiger partial charge in [0.05, 0.1) is 18.6 Å². The summed E-state index contributed by atoms with van der Waals surface area (Å²) in [5, 5.41) is 0.744. The molecule has 0 N–H and O–H groups in total. The van der Waals surface area contributed by atoms with E-state index in [4.69, 9.17) is 16.3 Å². The molecule has 1 fully saturated rings. The van der Waals surface area contributed by atoms with Crippen LogP contribution in [0.3, 0.4) is 0 Å². The van der Waals surface area contributed by atoms with Crippen molar-refractivity contribution in [2.75, 3.05) is 19.7 Å². The van der Waals surface area contributed by atoms with Crippen LogP contribution in [0.15, 0.2) is 53.9 Å². The van der Waals surface area contributed by atoms with Crippen LogP contribution in [0.5, 0.6) is 0 Å². The highest BCUT2D eigenvalue weighted by Crippen LogP contribution is 2.26. The second kappa shape index (κ2) is 8.47. The van der Waals surface area contributed by atoms with Crippen LogP contribution in [0.25, 0.3) is 0 Å². The fourth-order valence-corrected chi connectivity index (χ4v) is 5.20. The van der Waals surface area contributed by atoms with E-state index in [2.05, 4.69) is 9.97 Å². The molecule has 7 nitrogen and oxygen atoms in total. The predicted molar refractivity (Wildman–Crippen MR) is 114 cm³/mol. The fraction of sp³-hybridized carbons (Fsp3) is 0.333. The Morgan fingerprint density at radius 1 is 1.23 bits per heavy atom. The standard InChI is InChI=1S/C21H23ClN4O3S/c1-15-8-17(9-16-4-3-5-18(22)10-16)11-19(24-15)20-12-26(6-7-29-20)30(27,28)21-13-25(2)14-23-21/h3-5,8,10-11,13-14,20H,6-7,9,12H2,1-2H3/t20-/m0/s1. The molecule has 3 heterocycles. The topological polar surface area (TPSA) is 77.3 Å². The fourth-order valence-electron chi connectivity index (χ4n) is 3.59. The number of hydrogen-bond donors (Lipinski definition) is 0. The molecule has 1 saturated heterocycles. The number of aromatic nitrogens is 3. The van der Waals surface area contributed by atoms with Crippen LogP contribution in [0.2, 0.25) is 5.02 Å². The minimum atomic E-state index is -3.68. The number of aryl methyl sites for hydroxylation is 2. The molecule has 0 bridgehead atoms. The number of hydrogen-bond acceptors (Lipinski definition) is 5. The predicted octanol–water partition coefficient (Wildman–Crippen LogP) is 3.13. The Bertz CT molecular complexity index is 1160. The third-order valence-electron chi connectivity index (χ3n) is 4.97. The van der Waals surface area contributed by atoms with Gasteiger partial charge in [0, 0.05) is 37.1 Å². The number of rotatable bonds is 5. The molecule has 30 heavy (non-hydrogen) atoms. The third kappa shape index (κ3) is 4.57. The van der Waals surface area contributed by atoms with Crippen LogP contribution in [0, 0.1) is 6.92 Å². The molecule has 0 saturated carbocycles. The van der Waals surface area contributed by atoms with Gasteiger partial charge in [0.25, 0.3) is 10.0 Å². The number of morpholine rings is 1. The molecular weight excluding hydrogens is 424 g/mol. The van der Waals surface area contributed by atoms with Crippen molar-refractivity contribution in [2.24, 2.45) is 7.05 Å². The molecular formula is C21H23ClN4O3S. The molecule has 0 spiro atoms. The van der Waals surface area contributed by atoms with Gasteiger partial charge in [-0.2, -0.15) is 4.31 Å². The molecule has 3 aromatic rings. The maximum atomic E-state index is 12.9. The molecule has 0 unspecified atom stereocenters. The summed E-state index contributed by atoms with van der Waals surface area (Å²) in [5.74, 6) is 0. The normalized spacial score (nSPS) is 17.9. The SMILES string of the molecule is Cc1cc(Cc2cccc(Cl)c2)cc([C@@H]2CN(S(=O)(=O)c3cn(C)cn3)CCO2)n1. The lowest BCUT2D eigenvalue weighted by molar-refractivity contribution is -0.00510. The molecule has 0 radical (unpaired) electrons. The Balaban J connectivity index is 1.57. The van der Waals surface area contributed by atoms with Gasteiger partial charge >= 0.3 is 0 Å². The quantitative estimate of drug-likeness (QED) is 0.601. The Morgan fingerprint density at radius 3 is 2.80 bits per heavy atom. The molecule has 4 rings (SSSR count). The van der Waals surface area contributed by atoms with Crippen molar-refractivity contribution in [3.63, 3.8) is 0 Å². The van der Waals surface area contributed by atoms with Gasteiger partial charge in [0.15, 0.2) is 5.03 Å². The number of ether oxygens (including phenoxy) is 1. The molecule has 1 atom stereocenters. The van der Waals surface area contributed by atoms with Crippen LogP contribution >= 0.6 is 11.6 Å². The first-order valence-corrected chi connectivity index (χ1v) is 11.4. The summed E-state index contributed by atoms with van der Waals surface area (Å²) in [6.07, 6.45) is 3.26. The van der Waals surface area contributed by atoms with Crippen molar-refractivity contribution in [3.8, 4) is 0 Å². The molecule has 0 aliphatic carbocycles. The number of nitrogens with zero attached hydrogens (tertiary/aromatic N) is 4. The van der Waals surface area contributed by atoms with Crippen LogP contribution in [-0.4, -0.2) is 47.0 Å².